The van der Waals surface area contributed by atoms with Gasteiger partial charge in [-0.1, -0.05) is 23.7 Å². The van der Waals surface area contributed by atoms with Crippen LogP contribution in [0, 0.1) is 0 Å². The summed E-state index contributed by atoms with van der Waals surface area (Å²) >= 11 is 6.04. The third-order valence-corrected chi connectivity index (χ3v) is 3.65. The quantitative estimate of drug-likeness (QED) is 0.782. The molecule has 0 saturated carbocycles. The number of aryl methyl sites for hydroxylation is 1. The van der Waals surface area contributed by atoms with Gasteiger partial charge < -0.3 is 5.32 Å². The summed E-state index contributed by atoms with van der Waals surface area (Å²) in [6, 6.07) is 9.48. The zero-order valence-electron chi connectivity index (χ0n) is 12.6. The average molecular weight is 330 g/mol. The van der Waals surface area contributed by atoms with Crippen LogP contribution in [0.3, 0.4) is 0 Å². The van der Waals surface area contributed by atoms with E-state index < -0.39 is 0 Å². The van der Waals surface area contributed by atoms with Gasteiger partial charge in [-0.15, -0.1) is 0 Å². The molecular formula is C16H16ClN5O. The summed E-state index contributed by atoms with van der Waals surface area (Å²) in [6.07, 6.45) is 5.29. The van der Waals surface area contributed by atoms with Gasteiger partial charge in [0.1, 0.15) is 0 Å². The number of halogens is 1. The van der Waals surface area contributed by atoms with Gasteiger partial charge in [-0.3, -0.25) is 14.2 Å². The molecular weight excluding hydrogens is 314 g/mol. The normalized spacial score (nSPS) is 10.7. The molecule has 0 unspecified atom stereocenters. The van der Waals surface area contributed by atoms with E-state index in [1.54, 1.807) is 17.1 Å². The number of aromatic nitrogens is 4. The summed E-state index contributed by atoms with van der Waals surface area (Å²) in [6.45, 7) is 3.28. The molecule has 3 rings (SSSR count). The Bertz CT molecular complexity index is 793. The van der Waals surface area contributed by atoms with Crippen molar-refractivity contribution in [2.24, 2.45) is 0 Å². The molecule has 7 heteroatoms. The Balaban J connectivity index is 1.67. The summed E-state index contributed by atoms with van der Waals surface area (Å²) in [5.74, 6) is -0.318. The highest BCUT2D eigenvalue weighted by molar-refractivity contribution is 6.34. The van der Waals surface area contributed by atoms with Gasteiger partial charge in [0.2, 0.25) is 0 Å². The molecule has 0 atom stereocenters. The molecule has 118 valence electrons. The molecule has 0 aliphatic rings. The number of nitrogens with one attached hydrogen (secondary N) is 1. The van der Waals surface area contributed by atoms with Crippen molar-refractivity contribution in [1.29, 1.82) is 0 Å². The highest BCUT2D eigenvalue weighted by atomic mass is 35.5. The molecule has 1 N–H and O–H groups in total. The topological polar surface area (TPSA) is 64.7 Å². The number of anilines is 1. The van der Waals surface area contributed by atoms with Crippen LogP contribution in [0.1, 0.15) is 23.0 Å². The number of amides is 1. The summed E-state index contributed by atoms with van der Waals surface area (Å²) in [4.78, 5) is 12.2. The highest BCUT2D eigenvalue weighted by Gasteiger charge is 2.15. The highest BCUT2D eigenvalue weighted by Crippen LogP contribution is 2.17. The largest absolute Gasteiger partial charge is 0.321 e. The second-order valence-electron chi connectivity index (χ2n) is 5.04. The van der Waals surface area contributed by atoms with E-state index >= 15 is 0 Å². The van der Waals surface area contributed by atoms with Crippen molar-refractivity contribution in [3.05, 3.63) is 65.2 Å². The molecule has 0 fully saturated rings. The fourth-order valence-corrected chi connectivity index (χ4v) is 2.41. The molecule has 0 aliphatic carbocycles. The number of carbonyl (C=O) groups is 1. The number of benzene rings is 1. The minimum atomic E-state index is -0.318. The minimum absolute atomic E-state index is 0.231. The van der Waals surface area contributed by atoms with Crippen LogP contribution in [0.4, 0.5) is 5.69 Å². The molecule has 23 heavy (non-hydrogen) atoms. The van der Waals surface area contributed by atoms with Gasteiger partial charge >= 0.3 is 0 Å². The van der Waals surface area contributed by atoms with Crippen LogP contribution in [0.25, 0.3) is 0 Å². The van der Waals surface area contributed by atoms with Crippen LogP contribution in [0.15, 0.2) is 48.9 Å². The van der Waals surface area contributed by atoms with E-state index in [0.717, 1.165) is 5.56 Å². The Labute approximate surface area is 138 Å². The molecule has 2 heterocycles. The van der Waals surface area contributed by atoms with E-state index in [0.29, 0.717) is 23.8 Å². The van der Waals surface area contributed by atoms with Crippen molar-refractivity contribution in [2.75, 3.05) is 5.32 Å². The summed E-state index contributed by atoms with van der Waals surface area (Å²) in [5.41, 5.74) is 2.02. The first kappa shape index (κ1) is 15.3. The molecule has 2 aromatic heterocycles. The lowest BCUT2D eigenvalue weighted by Crippen LogP contribution is -2.13. The van der Waals surface area contributed by atoms with E-state index in [4.69, 9.17) is 11.6 Å². The Morgan fingerprint density at radius 2 is 2.04 bits per heavy atom. The fraction of sp³-hybridized carbons (Fsp3) is 0.188. The van der Waals surface area contributed by atoms with E-state index in [2.05, 4.69) is 15.5 Å². The molecule has 0 bridgehead atoms. The van der Waals surface area contributed by atoms with Crippen molar-refractivity contribution in [3.63, 3.8) is 0 Å². The third kappa shape index (κ3) is 3.60. The number of carbonyl (C=O) groups excluding carboxylic acids is 1. The van der Waals surface area contributed by atoms with Crippen LogP contribution in [-0.2, 0) is 13.1 Å². The maximum Gasteiger partial charge on any atom is 0.277 e. The van der Waals surface area contributed by atoms with Crippen molar-refractivity contribution in [1.82, 2.24) is 19.6 Å². The van der Waals surface area contributed by atoms with E-state index in [9.17, 15) is 4.79 Å². The summed E-state index contributed by atoms with van der Waals surface area (Å²) < 4.78 is 3.47. The third-order valence-electron chi connectivity index (χ3n) is 3.37. The molecule has 6 nitrogen and oxygen atoms in total. The lowest BCUT2D eigenvalue weighted by Gasteiger charge is -2.06. The summed E-state index contributed by atoms with van der Waals surface area (Å²) in [7, 11) is 0. The second-order valence-corrected chi connectivity index (χ2v) is 5.44. The molecule has 3 aromatic rings. The smallest absolute Gasteiger partial charge is 0.277 e. The van der Waals surface area contributed by atoms with Gasteiger partial charge in [0.05, 0.1) is 11.6 Å². The lowest BCUT2D eigenvalue weighted by atomic mass is 10.2. The molecule has 1 aromatic carbocycles. The van der Waals surface area contributed by atoms with Gasteiger partial charge in [-0.25, -0.2) is 0 Å². The van der Waals surface area contributed by atoms with Gasteiger partial charge in [-0.05, 0) is 30.7 Å². The first-order valence-corrected chi connectivity index (χ1v) is 7.64. The van der Waals surface area contributed by atoms with Crippen LogP contribution >= 0.6 is 11.6 Å². The number of nitrogens with zero attached hydrogens (tertiary/aromatic N) is 4. The van der Waals surface area contributed by atoms with E-state index in [1.165, 1.54) is 0 Å². The van der Waals surface area contributed by atoms with Gasteiger partial charge in [0, 0.05) is 30.8 Å². The Kier molecular flexibility index (Phi) is 4.43. The molecule has 0 aliphatic heterocycles. The summed E-state index contributed by atoms with van der Waals surface area (Å²) in [5, 5.41) is 11.5. The van der Waals surface area contributed by atoms with Crippen LogP contribution in [0.5, 0.6) is 0 Å². The molecule has 0 saturated heterocycles. The molecule has 0 spiro atoms. The Hall–Kier alpha value is -2.60. The predicted octanol–water partition coefficient (Wildman–Crippen LogP) is 3.05. The number of rotatable bonds is 5. The van der Waals surface area contributed by atoms with Crippen LogP contribution in [0.2, 0.25) is 5.02 Å². The van der Waals surface area contributed by atoms with Gasteiger partial charge in [-0.2, -0.15) is 10.2 Å². The maximum atomic E-state index is 12.2. The SMILES string of the molecule is CCn1cc(Cl)c(C(=O)Nc2ccc(Cn3cccn3)cc2)n1. The zero-order chi connectivity index (χ0) is 16.2. The van der Waals surface area contributed by atoms with Crippen molar-refractivity contribution < 1.29 is 4.79 Å². The Morgan fingerprint density at radius 3 is 2.65 bits per heavy atom. The van der Waals surface area contributed by atoms with Crippen molar-refractivity contribution in [3.8, 4) is 0 Å². The lowest BCUT2D eigenvalue weighted by molar-refractivity contribution is 0.102. The van der Waals surface area contributed by atoms with Gasteiger partial charge in [0.25, 0.3) is 5.91 Å². The second kappa shape index (κ2) is 6.66. The standard InChI is InChI=1S/C16H16ClN5O/c1-2-21-11-14(17)15(20-21)16(23)19-13-6-4-12(5-7-13)10-22-9-3-8-18-22/h3-9,11H,2,10H2,1H3,(H,19,23). The van der Waals surface area contributed by atoms with E-state index in [-0.39, 0.29) is 11.6 Å². The number of hydrogen-bond donors (Lipinski definition) is 1. The molecule has 1 amide bonds. The first-order chi connectivity index (χ1) is 11.2. The number of hydrogen-bond acceptors (Lipinski definition) is 3. The van der Waals surface area contributed by atoms with Crippen molar-refractivity contribution >= 4 is 23.2 Å². The van der Waals surface area contributed by atoms with Crippen LogP contribution in [-0.4, -0.2) is 25.5 Å². The van der Waals surface area contributed by atoms with Gasteiger partial charge in [0.15, 0.2) is 5.69 Å². The van der Waals surface area contributed by atoms with Crippen LogP contribution < -0.4 is 5.32 Å². The van der Waals surface area contributed by atoms with Crippen molar-refractivity contribution in [2.45, 2.75) is 20.0 Å². The predicted molar refractivity (Wildman–Crippen MR) is 88.6 cm³/mol. The first-order valence-electron chi connectivity index (χ1n) is 7.26. The Morgan fingerprint density at radius 1 is 1.26 bits per heavy atom. The monoisotopic (exact) mass is 329 g/mol. The average Bonchev–Trinajstić information content (AvgIpc) is 3.18. The minimum Gasteiger partial charge on any atom is -0.321 e. The zero-order valence-corrected chi connectivity index (χ0v) is 13.4. The fourth-order valence-electron chi connectivity index (χ4n) is 2.18. The maximum absolute atomic E-state index is 12.2. The van der Waals surface area contributed by atoms with E-state index in [1.807, 2.05) is 48.1 Å². The molecule has 0 radical (unpaired) electrons.